The lowest BCUT2D eigenvalue weighted by Gasteiger charge is -2.17. The third kappa shape index (κ3) is 2.32. The van der Waals surface area contributed by atoms with Crippen LogP contribution in [0.25, 0.3) is 0 Å². The lowest BCUT2D eigenvalue weighted by Crippen LogP contribution is -2.39. The number of anilines is 1. The van der Waals surface area contributed by atoms with E-state index in [2.05, 4.69) is 21.2 Å². The third-order valence-corrected chi connectivity index (χ3v) is 5.92. The zero-order chi connectivity index (χ0) is 17.0. The first kappa shape index (κ1) is 15.6. The number of rotatable bonds is 3. The summed E-state index contributed by atoms with van der Waals surface area (Å²) in [5.41, 5.74) is 1.70. The van der Waals surface area contributed by atoms with Crippen LogP contribution in [0.2, 0.25) is 0 Å². The van der Waals surface area contributed by atoms with Crippen molar-refractivity contribution in [3.05, 3.63) is 40.4 Å². The van der Waals surface area contributed by atoms with E-state index in [1.165, 1.54) is 0 Å². The quantitative estimate of drug-likeness (QED) is 0.638. The molecule has 1 saturated heterocycles. The van der Waals surface area contributed by atoms with Crippen molar-refractivity contribution in [2.24, 2.45) is 23.7 Å². The number of aryl methyl sites for hydroxylation is 1. The van der Waals surface area contributed by atoms with Crippen LogP contribution in [0.15, 0.2) is 34.8 Å². The average molecular weight is 389 g/mol. The number of imide groups is 1. The molecule has 2 bridgehead atoms. The molecule has 4 atom stereocenters. The number of hydrogen-bond donors (Lipinski definition) is 1. The van der Waals surface area contributed by atoms with Crippen molar-refractivity contribution >= 4 is 39.3 Å². The summed E-state index contributed by atoms with van der Waals surface area (Å²) in [6.07, 6.45) is 4.98. The lowest BCUT2D eigenvalue weighted by molar-refractivity contribution is -0.143. The highest BCUT2D eigenvalue weighted by Crippen LogP contribution is 2.52. The molecule has 124 valence electrons. The summed E-state index contributed by atoms with van der Waals surface area (Å²) >= 11 is 3.41. The maximum Gasteiger partial charge on any atom is 0.244 e. The highest BCUT2D eigenvalue weighted by molar-refractivity contribution is 9.10. The molecule has 0 spiro atoms. The molecule has 3 amide bonds. The maximum absolute atomic E-state index is 12.6. The second kappa shape index (κ2) is 5.55. The zero-order valence-corrected chi connectivity index (χ0v) is 14.7. The first-order chi connectivity index (χ1) is 11.5. The van der Waals surface area contributed by atoms with Crippen LogP contribution >= 0.6 is 15.9 Å². The Labute approximate surface area is 148 Å². The standard InChI is InChI=1S/C18H17BrN2O3/c1-9-2-5-13(12(19)6-9)20-14(22)8-21-17(23)15-10-3-4-11(7-10)16(15)18(21)24/h2-6,10-11,15-16H,7-8H2,1H3,(H,20,22). The molecule has 1 aromatic rings. The number of benzene rings is 1. The summed E-state index contributed by atoms with van der Waals surface area (Å²) in [4.78, 5) is 38.6. The molecule has 1 N–H and O–H groups in total. The number of allylic oxidation sites excluding steroid dienone is 2. The van der Waals surface area contributed by atoms with Gasteiger partial charge in [0.2, 0.25) is 17.7 Å². The summed E-state index contributed by atoms with van der Waals surface area (Å²) in [6, 6.07) is 5.58. The van der Waals surface area contributed by atoms with Gasteiger partial charge in [-0.15, -0.1) is 0 Å². The molecular formula is C18H17BrN2O3. The Morgan fingerprint density at radius 3 is 2.42 bits per heavy atom. The molecule has 3 aliphatic rings. The Bertz CT molecular complexity index is 758. The van der Waals surface area contributed by atoms with Crippen LogP contribution in [0.5, 0.6) is 0 Å². The molecule has 1 heterocycles. The van der Waals surface area contributed by atoms with Crippen molar-refractivity contribution in [3.63, 3.8) is 0 Å². The van der Waals surface area contributed by atoms with E-state index in [1.807, 2.05) is 31.2 Å². The number of amides is 3. The van der Waals surface area contributed by atoms with Crippen molar-refractivity contribution < 1.29 is 14.4 Å². The van der Waals surface area contributed by atoms with Gasteiger partial charge in [0.1, 0.15) is 6.54 Å². The van der Waals surface area contributed by atoms with Gasteiger partial charge in [-0.05, 0) is 58.8 Å². The van der Waals surface area contributed by atoms with Crippen LogP contribution in [0.1, 0.15) is 12.0 Å². The third-order valence-electron chi connectivity index (χ3n) is 5.26. The van der Waals surface area contributed by atoms with E-state index < -0.39 is 0 Å². The minimum absolute atomic E-state index is 0.163. The van der Waals surface area contributed by atoms with Gasteiger partial charge in [0.05, 0.1) is 17.5 Å². The first-order valence-electron chi connectivity index (χ1n) is 8.05. The molecule has 24 heavy (non-hydrogen) atoms. The van der Waals surface area contributed by atoms with Crippen molar-refractivity contribution in [1.29, 1.82) is 0 Å². The van der Waals surface area contributed by atoms with Gasteiger partial charge in [0.15, 0.2) is 0 Å². The van der Waals surface area contributed by atoms with Gasteiger partial charge in [0, 0.05) is 4.47 Å². The molecule has 4 unspecified atom stereocenters. The van der Waals surface area contributed by atoms with Crippen LogP contribution in [0, 0.1) is 30.6 Å². The fourth-order valence-corrected chi connectivity index (χ4v) is 4.77. The van der Waals surface area contributed by atoms with Crippen molar-refractivity contribution in [3.8, 4) is 0 Å². The van der Waals surface area contributed by atoms with Crippen LogP contribution < -0.4 is 5.32 Å². The van der Waals surface area contributed by atoms with E-state index in [9.17, 15) is 14.4 Å². The summed E-state index contributed by atoms with van der Waals surface area (Å²) in [7, 11) is 0. The Morgan fingerprint density at radius 2 is 1.83 bits per heavy atom. The number of nitrogens with zero attached hydrogens (tertiary/aromatic N) is 1. The highest BCUT2D eigenvalue weighted by atomic mass is 79.9. The molecule has 1 aromatic carbocycles. The molecule has 5 nitrogen and oxygen atoms in total. The number of halogens is 1. The monoisotopic (exact) mass is 388 g/mol. The van der Waals surface area contributed by atoms with E-state index in [-0.39, 0.29) is 47.9 Å². The average Bonchev–Trinajstić information content (AvgIpc) is 3.20. The molecule has 2 aliphatic carbocycles. The van der Waals surface area contributed by atoms with Gasteiger partial charge in [-0.25, -0.2) is 0 Å². The SMILES string of the molecule is Cc1ccc(NC(=O)CN2C(=O)C3C4C=CC(C4)C3C2=O)c(Br)c1. The lowest BCUT2D eigenvalue weighted by atomic mass is 9.85. The molecule has 6 heteroatoms. The number of fused-ring (bicyclic) bond motifs is 5. The van der Waals surface area contributed by atoms with E-state index in [4.69, 9.17) is 0 Å². The van der Waals surface area contributed by atoms with Gasteiger partial charge < -0.3 is 5.32 Å². The number of likely N-dealkylation sites (tertiary alicyclic amines) is 1. The first-order valence-corrected chi connectivity index (χ1v) is 8.84. The van der Waals surface area contributed by atoms with Crippen LogP contribution in [0.3, 0.4) is 0 Å². The second-order valence-corrected chi connectivity index (χ2v) is 7.65. The van der Waals surface area contributed by atoms with Gasteiger partial charge >= 0.3 is 0 Å². The van der Waals surface area contributed by atoms with Crippen molar-refractivity contribution in [2.75, 3.05) is 11.9 Å². The van der Waals surface area contributed by atoms with Gasteiger partial charge in [-0.3, -0.25) is 19.3 Å². The molecule has 2 fully saturated rings. The molecule has 1 saturated carbocycles. The highest BCUT2D eigenvalue weighted by Gasteiger charge is 2.59. The smallest absolute Gasteiger partial charge is 0.244 e. The minimum Gasteiger partial charge on any atom is -0.324 e. The normalized spacial score (nSPS) is 30.2. The zero-order valence-electron chi connectivity index (χ0n) is 13.2. The number of hydrogen-bond acceptors (Lipinski definition) is 3. The van der Waals surface area contributed by atoms with Crippen molar-refractivity contribution in [2.45, 2.75) is 13.3 Å². The summed E-state index contributed by atoms with van der Waals surface area (Å²) in [5, 5.41) is 2.76. The molecule has 1 aliphatic heterocycles. The maximum atomic E-state index is 12.6. The molecule has 0 radical (unpaired) electrons. The minimum atomic E-state index is -0.360. The Morgan fingerprint density at radius 1 is 1.21 bits per heavy atom. The second-order valence-electron chi connectivity index (χ2n) is 6.79. The number of nitrogens with one attached hydrogen (secondary N) is 1. The molecule has 0 aromatic heterocycles. The largest absolute Gasteiger partial charge is 0.324 e. The summed E-state index contributed by atoms with van der Waals surface area (Å²) in [5.74, 6) is -0.939. The van der Waals surface area contributed by atoms with Gasteiger partial charge in [0.25, 0.3) is 0 Å². The Balaban J connectivity index is 1.47. The Hall–Kier alpha value is -1.95. The topological polar surface area (TPSA) is 66.5 Å². The summed E-state index contributed by atoms with van der Waals surface area (Å²) in [6.45, 7) is 1.74. The van der Waals surface area contributed by atoms with Gasteiger partial charge in [-0.2, -0.15) is 0 Å². The predicted molar refractivity (Wildman–Crippen MR) is 91.9 cm³/mol. The fourth-order valence-electron chi connectivity index (χ4n) is 4.17. The predicted octanol–water partition coefficient (Wildman–Crippen LogP) is 2.50. The molecular weight excluding hydrogens is 372 g/mol. The van der Waals surface area contributed by atoms with Crippen molar-refractivity contribution in [1.82, 2.24) is 4.90 Å². The van der Waals surface area contributed by atoms with Gasteiger partial charge in [-0.1, -0.05) is 18.2 Å². The van der Waals surface area contributed by atoms with E-state index in [1.54, 1.807) is 6.07 Å². The van der Waals surface area contributed by atoms with E-state index >= 15 is 0 Å². The fraction of sp³-hybridized carbons (Fsp3) is 0.389. The van der Waals surface area contributed by atoms with E-state index in [0.29, 0.717) is 5.69 Å². The molecule has 4 rings (SSSR count). The van der Waals surface area contributed by atoms with Crippen LogP contribution in [-0.4, -0.2) is 29.2 Å². The van der Waals surface area contributed by atoms with E-state index in [0.717, 1.165) is 21.4 Å². The van der Waals surface area contributed by atoms with Crippen LogP contribution in [0.4, 0.5) is 5.69 Å². The van der Waals surface area contributed by atoms with Crippen LogP contribution in [-0.2, 0) is 14.4 Å². The summed E-state index contributed by atoms with van der Waals surface area (Å²) < 4.78 is 0.772. The number of carbonyl (C=O) groups excluding carboxylic acids is 3. The number of carbonyl (C=O) groups is 3. The Kier molecular flexibility index (Phi) is 3.60.